The van der Waals surface area contributed by atoms with Crippen molar-refractivity contribution in [3.05, 3.63) is 68.9 Å². The van der Waals surface area contributed by atoms with Gasteiger partial charge in [-0.05, 0) is 81.9 Å². The van der Waals surface area contributed by atoms with Crippen LogP contribution in [0, 0.1) is 13.8 Å². The predicted molar refractivity (Wildman–Crippen MR) is 148 cm³/mol. The van der Waals surface area contributed by atoms with Gasteiger partial charge in [-0.1, -0.05) is 6.07 Å². The molecule has 0 radical (unpaired) electrons. The zero-order valence-electron chi connectivity index (χ0n) is 22.3. The van der Waals surface area contributed by atoms with E-state index in [-0.39, 0.29) is 23.8 Å². The summed E-state index contributed by atoms with van der Waals surface area (Å²) in [5, 5.41) is 3.05. The molecule has 1 fully saturated rings. The highest BCUT2D eigenvalue weighted by Gasteiger charge is 2.37. The van der Waals surface area contributed by atoms with Crippen LogP contribution in [0.15, 0.2) is 35.9 Å². The van der Waals surface area contributed by atoms with E-state index in [0.717, 1.165) is 52.5 Å². The zero-order chi connectivity index (χ0) is 27.8. The topological polar surface area (TPSA) is 107 Å². The average Bonchev–Trinajstić information content (AvgIpc) is 3.42. The van der Waals surface area contributed by atoms with Crippen molar-refractivity contribution in [3.63, 3.8) is 0 Å². The van der Waals surface area contributed by atoms with Gasteiger partial charge in [0.1, 0.15) is 16.3 Å². The van der Waals surface area contributed by atoms with E-state index in [0.29, 0.717) is 16.9 Å². The van der Waals surface area contributed by atoms with E-state index in [1.807, 2.05) is 24.5 Å². The average molecular weight is 548 g/mol. The summed E-state index contributed by atoms with van der Waals surface area (Å²) < 4.78 is 12.6. The highest BCUT2D eigenvalue weighted by Crippen LogP contribution is 2.39. The standard InChI is InChI=1S/C29H29N3O6S/c1-5-38-28(35)24-21-11-6-7-12-23(21)39-27(24)31-16(2)13-18(17(31)3)14-22-25(33)30-29(36)32(26(22)34)19-9-8-10-20(15-19)37-4/h8-10,13-15H,5-7,11-12H2,1-4H3,(H,30,33,36)/b22-14-. The predicted octanol–water partition coefficient (Wildman–Crippen LogP) is 4.89. The quantitative estimate of drug-likeness (QED) is 0.268. The summed E-state index contributed by atoms with van der Waals surface area (Å²) in [4.78, 5) is 54.1. The number of aromatic nitrogens is 1. The highest BCUT2D eigenvalue weighted by atomic mass is 32.1. The molecule has 0 saturated carbocycles. The molecule has 3 aromatic rings. The lowest BCUT2D eigenvalue weighted by atomic mass is 9.95. The molecule has 1 aliphatic heterocycles. The molecule has 0 spiro atoms. The molecule has 2 aromatic heterocycles. The summed E-state index contributed by atoms with van der Waals surface area (Å²) in [5.74, 6) is -1.38. The van der Waals surface area contributed by atoms with E-state index < -0.39 is 17.8 Å². The molecule has 5 rings (SSSR count). The van der Waals surface area contributed by atoms with Crippen molar-refractivity contribution < 1.29 is 28.7 Å². The second kappa shape index (κ2) is 10.5. The Balaban J connectivity index is 1.58. The summed E-state index contributed by atoms with van der Waals surface area (Å²) >= 11 is 1.59. The smallest absolute Gasteiger partial charge is 0.341 e. The number of carbonyl (C=O) groups excluding carboxylic acids is 4. The molecule has 4 amide bonds. The summed E-state index contributed by atoms with van der Waals surface area (Å²) in [7, 11) is 1.49. The molecule has 3 heterocycles. The fourth-order valence-corrected chi connectivity index (χ4v) is 6.65. The minimum absolute atomic E-state index is 0.172. The van der Waals surface area contributed by atoms with Crippen LogP contribution in [0.3, 0.4) is 0 Å². The van der Waals surface area contributed by atoms with Crippen molar-refractivity contribution in [2.24, 2.45) is 0 Å². The van der Waals surface area contributed by atoms with Crippen molar-refractivity contribution in [3.8, 4) is 10.8 Å². The first-order valence-corrected chi connectivity index (χ1v) is 13.6. The van der Waals surface area contributed by atoms with Gasteiger partial charge in [0.05, 0.1) is 25.0 Å². The molecule has 2 aliphatic rings. The molecule has 0 unspecified atom stereocenters. The van der Waals surface area contributed by atoms with E-state index >= 15 is 0 Å². The number of esters is 1. The van der Waals surface area contributed by atoms with Gasteiger partial charge in [0.25, 0.3) is 11.8 Å². The van der Waals surface area contributed by atoms with Gasteiger partial charge in [-0.2, -0.15) is 0 Å². The van der Waals surface area contributed by atoms with Crippen LogP contribution in [0.4, 0.5) is 10.5 Å². The highest BCUT2D eigenvalue weighted by molar-refractivity contribution is 7.15. The molecule has 1 aliphatic carbocycles. The Kier molecular flexibility index (Phi) is 7.14. The first-order valence-electron chi connectivity index (χ1n) is 12.8. The zero-order valence-corrected chi connectivity index (χ0v) is 23.1. The minimum atomic E-state index is -0.830. The molecule has 0 atom stereocenters. The molecule has 39 heavy (non-hydrogen) atoms. The molecule has 202 valence electrons. The molecule has 10 heteroatoms. The first-order chi connectivity index (χ1) is 18.7. The van der Waals surface area contributed by atoms with Crippen LogP contribution < -0.4 is 15.0 Å². The van der Waals surface area contributed by atoms with Crippen molar-refractivity contribution in [1.82, 2.24) is 9.88 Å². The number of anilines is 1. The number of carbonyl (C=O) groups is 4. The second-order valence-corrected chi connectivity index (χ2v) is 10.5. The number of barbiturate groups is 1. The number of hydrogen-bond acceptors (Lipinski definition) is 7. The number of nitrogens with one attached hydrogen (secondary N) is 1. The molecular weight excluding hydrogens is 518 g/mol. The van der Waals surface area contributed by atoms with Crippen LogP contribution >= 0.6 is 11.3 Å². The third kappa shape index (κ3) is 4.65. The lowest BCUT2D eigenvalue weighted by Gasteiger charge is -2.26. The second-order valence-electron chi connectivity index (χ2n) is 9.43. The number of amides is 4. The monoisotopic (exact) mass is 547 g/mol. The molecule has 1 N–H and O–H groups in total. The van der Waals surface area contributed by atoms with Crippen molar-refractivity contribution in [1.29, 1.82) is 0 Å². The van der Waals surface area contributed by atoms with Gasteiger partial charge in [-0.25, -0.2) is 14.5 Å². The van der Waals surface area contributed by atoms with Crippen LogP contribution in [0.2, 0.25) is 0 Å². The van der Waals surface area contributed by atoms with Gasteiger partial charge in [-0.15, -0.1) is 11.3 Å². The SMILES string of the molecule is CCOC(=O)c1c(-n2c(C)cc(/C=C3/C(=O)NC(=O)N(c4cccc(OC)c4)C3=O)c2C)sc2c1CCCC2. The third-order valence-corrected chi connectivity index (χ3v) is 8.30. The van der Waals surface area contributed by atoms with Gasteiger partial charge in [0.2, 0.25) is 0 Å². The van der Waals surface area contributed by atoms with E-state index in [9.17, 15) is 19.2 Å². The Morgan fingerprint density at radius 3 is 2.64 bits per heavy atom. The van der Waals surface area contributed by atoms with Gasteiger partial charge >= 0.3 is 12.0 Å². The number of imide groups is 2. The Morgan fingerprint density at radius 2 is 1.90 bits per heavy atom. The van der Waals surface area contributed by atoms with Crippen molar-refractivity contribution in [2.45, 2.75) is 46.5 Å². The van der Waals surface area contributed by atoms with Gasteiger partial charge in [-0.3, -0.25) is 14.9 Å². The Labute approximate surface area is 230 Å². The van der Waals surface area contributed by atoms with Crippen LogP contribution in [0.25, 0.3) is 11.1 Å². The van der Waals surface area contributed by atoms with Gasteiger partial charge < -0.3 is 14.0 Å². The first kappa shape index (κ1) is 26.4. The maximum atomic E-state index is 13.4. The van der Waals surface area contributed by atoms with Crippen molar-refractivity contribution in [2.75, 3.05) is 18.6 Å². The lowest BCUT2D eigenvalue weighted by Crippen LogP contribution is -2.54. The number of aryl methyl sites for hydroxylation is 2. The largest absolute Gasteiger partial charge is 0.497 e. The molecule has 1 saturated heterocycles. The third-order valence-electron chi connectivity index (χ3n) is 7.02. The number of benzene rings is 1. The number of ether oxygens (including phenoxy) is 2. The molecule has 0 bridgehead atoms. The van der Waals surface area contributed by atoms with Crippen molar-refractivity contribution >= 4 is 46.9 Å². The van der Waals surface area contributed by atoms with Gasteiger partial charge in [0, 0.05) is 22.3 Å². The Morgan fingerprint density at radius 1 is 1.13 bits per heavy atom. The lowest BCUT2D eigenvalue weighted by molar-refractivity contribution is -0.122. The Hall–Kier alpha value is -4.18. The Bertz CT molecular complexity index is 1550. The van der Waals surface area contributed by atoms with E-state index in [1.165, 1.54) is 18.1 Å². The number of rotatable bonds is 6. The number of nitrogens with zero attached hydrogens (tertiary/aromatic N) is 2. The summed E-state index contributed by atoms with van der Waals surface area (Å²) in [6.07, 6.45) is 5.35. The number of fused-ring (bicyclic) bond motifs is 1. The minimum Gasteiger partial charge on any atom is -0.497 e. The molecule has 1 aromatic carbocycles. The van der Waals surface area contributed by atoms with Crippen LogP contribution in [-0.2, 0) is 27.2 Å². The van der Waals surface area contributed by atoms with E-state index in [4.69, 9.17) is 9.47 Å². The molecule has 9 nitrogen and oxygen atoms in total. The summed E-state index contributed by atoms with van der Waals surface area (Å²) in [5.41, 5.74) is 3.99. The summed E-state index contributed by atoms with van der Waals surface area (Å²) in [6, 6.07) is 7.52. The number of urea groups is 1. The van der Waals surface area contributed by atoms with Crippen LogP contribution in [0.1, 0.15) is 57.5 Å². The van der Waals surface area contributed by atoms with E-state index in [1.54, 1.807) is 42.5 Å². The van der Waals surface area contributed by atoms with Gasteiger partial charge in [0.15, 0.2) is 0 Å². The maximum Gasteiger partial charge on any atom is 0.341 e. The van der Waals surface area contributed by atoms with E-state index in [2.05, 4.69) is 5.32 Å². The number of hydrogen-bond donors (Lipinski definition) is 1. The van der Waals surface area contributed by atoms with Crippen LogP contribution in [-0.4, -0.2) is 42.1 Å². The molecular formula is C29H29N3O6S. The number of methoxy groups -OCH3 is 1. The fraction of sp³-hybridized carbons (Fsp3) is 0.310. The normalized spacial score (nSPS) is 16.4. The summed E-state index contributed by atoms with van der Waals surface area (Å²) in [6.45, 7) is 5.86. The maximum absolute atomic E-state index is 13.4. The fourth-order valence-electron chi connectivity index (χ4n) is 5.17. The number of thiophene rings is 1. The van der Waals surface area contributed by atoms with Crippen LogP contribution in [0.5, 0.6) is 5.75 Å².